The van der Waals surface area contributed by atoms with Crippen LogP contribution in [-0.4, -0.2) is 4.98 Å². The molecule has 1 atom stereocenters. The Hall–Kier alpha value is -4.04. The predicted octanol–water partition coefficient (Wildman–Crippen LogP) is 7.56. The third-order valence-corrected chi connectivity index (χ3v) is 6.89. The van der Waals surface area contributed by atoms with Crippen LogP contribution >= 0.6 is 0 Å². The van der Waals surface area contributed by atoms with Crippen molar-refractivity contribution >= 4 is 28.2 Å². The van der Waals surface area contributed by atoms with Gasteiger partial charge in [0.1, 0.15) is 0 Å². The molecule has 152 valence electrons. The van der Waals surface area contributed by atoms with Gasteiger partial charge < -0.3 is 10.3 Å². The van der Waals surface area contributed by atoms with E-state index in [1.54, 1.807) is 0 Å². The molecule has 0 amide bonds. The van der Waals surface area contributed by atoms with Gasteiger partial charge in [-0.25, -0.2) is 0 Å². The molecule has 2 heteroatoms. The van der Waals surface area contributed by atoms with E-state index in [-0.39, 0.29) is 6.04 Å². The number of benzene rings is 4. The molecule has 0 radical (unpaired) electrons. The van der Waals surface area contributed by atoms with Crippen molar-refractivity contribution in [2.75, 3.05) is 5.32 Å². The summed E-state index contributed by atoms with van der Waals surface area (Å²) in [5.74, 6) is 0. The lowest BCUT2D eigenvalue weighted by Crippen LogP contribution is -2.19. The SMILES string of the molecule is Cc1ccc(/C=C2/c3ccccc3C3Nc4ccccc4-c4cccc5[nH]c2c3c45)cc1. The van der Waals surface area contributed by atoms with E-state index >= 15 is 0 Å². The standard InChI is InChI=1S/C30H22N2/c1-18-13-15-19(16-14-18)17-24-20-7-2-3-9-23(20)29-28-27-22(10-6-12-26(27)32-30(24)28)21-8-4-5-11-25(21)31-29/h2-17,29,31-32H,1H3/b24-17-. The quantitative estimate of drug-likeness (QED) is 0.293. The van der Waals surface area contributed by atoms with Crippen molar-refractivity contribution in [2.45, 2.75) is 13.0 Å². The number of aromatic nitrogens is 1. The molecule has 32 heavy (non-hydrogen) atoms. The van der Waals surface area contributed by atoms with E-state index in [2.05, 4.69) is 114 Å². The number of hydrogen-bond acceptors (Lipinski definition) is 1. The van der Waals surface area contributed by atoms with E-state index in [0.29, 0.717) is 0 Å². The highest BCUT2D eigenvalue weighted by Crippen LogP contribution is 2.51. The fraction of sp³-hybridized carbons (Fsp3) is 0.0667. The highest BCUT2D eigenvalue weighted by molar-refractivity contribution is 6.09. The third kappa shape index (κ3) is 2.41. The van der Waals surface area contributed by atoms with E-state index in [9.17, 15) is 0 Å². The van der Waals surface area contributed by atoms with Crippen LogP contribution in [0.25, 0.3) is 33.7 Å². The van der Waals surface area contributed by atoms with Crippen molar-refractivity contribution in [2.24, 2.45) is 0 Å². The molecule has 1 aromatic heterocycles. The fourth-order valence-corrected chi connectivity index (χ4v) is 5.41. The van der Waals surface area contributed by atoms with Crippen LogP contribution in [0.15, 0.2) is 91.0 Å². The van der Waals surface area contributed by atoms with Gasteiger partial charge in [-0.05, 0) is 47.4 Å². The molecule has 0 saturated carbocycles. The van der Waals surface area contributed by atoms with Crippen molar-refractivity contribution in [1.82, 2.24) is 4.98 Å². The minimum atomic E-state index is 0.106. The Bertz CT molecular complexity index is 1550. The fourth-order valence-electron chi connectivity index (χ4n) is 5.41. The number of fused-ring (bicyclic) bond motifs is 4. The van der Waals surface area contributed by atoms with Gasteiger partial charge in [0.05, 0.1) is 11.7 Å². The Balaban J connectivity index is 1.59. The van der Waals surface area contributed by atoms with Crippen LogP contribution < -0.4 is 5.32 Å². The van der Waals surface area contributed by atoms with Gasteiger partial charge in [0.2, 0.25) is 0 Å². The van der Waals surface area contributed by atoms with Crippen LogP contribution in [0.2, 0.25) is 0 Å². The smallest absolute Gasteiger partial charge is 0.0801 e. The van der Waals surface area contributed by atoms with Crippen LogP contribution in [0.5, 0.6) is 0 Å². The summed E-state index contributed by atoms with van der Waals surface area (Å²) >= 11 is 0. The zero-order valence-corrected chi connectivity index (χ0v) is 17.8. The Kier molecular flexibility index (Phi) is 3.57. The molecule has 5 aromatic rings. The predicted molar refractivity (Wildman–Crippen MR) is 134 cm³/mol. The average molecular weight is 411 g/mol. The molecule has 2 nitrogen and oxygen atoms in total. The second kappa shape index (κ2) is 6.48. The van der Waals surface area contributed by atoms with Gasteiger partial charge in [0.15, 0.2) is 0 Å². The van der Waals surface area contributed by atoms with Crippen LogP contribution in [0, 0.1) is 6.92 Å². The summed E-state index contributed by atoms with van der Waals surface area (Å²) in [6.07, 6.45) is 2.33. The minimum Gasteiger partial charge on any atom is -0.374 e. The van der Waals surface area contributed by atoms with Gasteiger partial charge in [-0.3, -0.25) is 0 Å². The lowest BCUT2D eigenvalue weighted by molar-refractivity contribution is 0.927. The molecule has 1 aliphatic carbocycles. The number of H-pyrrole nitrogens is 1. The first-order chi connectivity index (χ1) is 15.8. The molecule has 0 fully saturated rings. The molecular formula is C30H22N2. The summed E-state index contributed by atoms with van der Waals surface area (Å²) in [5.41, 5.74) is 13.9. The largest absolute Gasteiger partial charge is 0.374 e. The van der Waals surface area contributed by atoms with E-state index in [1.807, 2.05) is 0 Å². The van der Waals surface area contributed by atoms with Gasteiger partial charge in [0.25, 0.3) is 0 Å². The summed E-state index contributed by atoms with van der Waals surface area (Å²) < 4.78 is 0. The molecule has 4 aromatic carbocycles. The Morgan fingerprint density at radius 2 is 1.47 bits per heavy atom. The lowest BCUT2D eigenvalue weighted by atomic mass is 9.80. The Morgan fingerprint density at radius 1 is 0.719 bits per heavy atom. The van der Waals surface area contributed by atoms with Crippen molar-refractivity contribution in [3.05, 3.63) is 125 Å². The van der Waals surface area contributed by atoms with Crippen LogP contribution in [0.4, 0.5) is 5.69 Å². The third-order valence-electron chi connectivity index (χ3n) is 6.89. The van der Waals surface area contributed by atoms with Crippen molar-refractivity contribution in [3.8, 4) is 11.1 Å². The molecule has 0 bridgehead atoms. The zero-order valence-electron chi connectivity index (χ0n) is 17.8. The normalized spacial score (nSPS) is 16.9. The molecule has 2 heterocycles. The Morgan fingerprint density at radius 3 is 2.34 bits per heavy atom. The van der Waals surface area contributed by atoms with Crippen molar-refractivity contribution in [3.63, 3.8) is 0 Å². The van der Waals surface area contributed by atoms with Gasteiger partial charge in [-0.2, -0.15) is 0 Å². The number of aryl methyl sites for hydroxylation is 1. The first-order valence-electron chi connectivity index (χ1n) is 11.2. The van der Waals surface area contributed by atoms with Gasteiger partial charge >= 0.3 is 0 Å². The van der Waals surface area contributed by atoms with Gasteiger partial charge in [0, 0.05) is 33.3 Å². The highest BCUT2D eigenvalue weighted by Gasteiger charge is 2.35. The molecule has 2 N–H and O–H groups in total. The minimum absolute atomic E-state index is 0.106. The van der Waals surface area contributed by atoms with Gasteiger partial charge in [-0.1, -0.05) is 84.4 Å². The molecule has 7 rings (SSSR count). The summed E-state index contributed by atoms with van der Waals surface area (Å²) in [6.45, 7) is 2.13. The van der Waals surface area contributed by atoms with Crippen molar-refractivity contribution < 1.29 is 0 Å². The summed E-state index contributed by atoms with van der Waals surface area (Å²) in [5, 5.41) is 5.22. The number of para-hydroxylation sites is 1. The maximum absolute atomic E-state index is 3.90. The van der Waals surface area contributed by atoms with Crippen molar-refractivity contribution in [1.29, 1.82) is 0 Å². The molecule has 1 aliphatic heterocycles. The molecular weight excluding hydrogens is 388 g/mol. The topological polar surface area (TPSA) is 27.8 Å². The number of nitrogens with one attached hydrogen (secondary N) is 2. The number of rotatable bonds is 1. The Labute approximate surface area is 187 Å². The number of hydrogen-bond donors (Lipinski definition) is 2. The number of aromatic amines is 1. The first-order valence-corrected chi connectivity index (χ1v) is 11.2. The maximum atomic E-state index is 3.90. The molecule has 2 aliphatic rings. The molecule has 0 spiro atoms. The van der Waals surface area contributed by atoms with Gasteiger partial charge in [-0.15, -0.1) is 0 Å². The molecule has 1 unspecified atom stereocenters. The monoisotopic (exact) mass is 410 g/mol. The first kappa shape index (κ1) is 17.6. The zero-order chi connectivity index (χ0) is 21.2. The average Bonchev–Trinajstić information content (AvgIpc) is 3.15. The summed E-state index contributed by atoms with van der Waals surface area (Å²) in [4.78, 5) is 3.80. The van der Waals surface area contributed by atoms with Crippen LogP contribution in [0.3, 0.4) is 0 Å². The van der Waals surface area contributed by atoms with E-state index in [0.717, 1.165) is 0 Å². The van der Waals surface area contributed by atoms with E-state index in [4.69, 9.17) is 0 Å². The summed E-state index contributed by atoms with van der Waals surface area (Å²) in [6, 6.07) is 33.0. The van der Waals surface area contributed by atoms with E-state index < -0.39 is 0 Å². The van der Waals surface area contributed by atoms with Crippen LogP contribution in [-0.2, 0) is 0 Å². The lowest BCUT2D eigenvalue weighted by Gasteiger charge is -2.29. The second-order valence-electron chi connectivity index (χ2n) is 8.82. The molecule has 0 saturated heterocycles. The van der Waals surface area contributed by atoms with E-state index in [1.165, 1.54) is 66.8 Å². The summed E-state index contributed by atoms with van der Waals surface area (Å²) in [7, 11) is 0. The van der Waals surface area contributed by atoms with Crippen LogP contribution in [0.1, 0.15) is 39.6 Å². The maximum Gasteiger partial charge on any atom is 0.0801 e. The number of anilines is 1. The second-order valence-corrected chi connectivity index (χ2v) is 8.82. The highest BCUT2D eigenvalue weighted by atomic mass is 14.9.